The average molecular weight is 272 g/mol. The van der Waals surface area contributed by atoms with E-state index in [-0.39, 0.29) is 0 Å². The molecule has 0 saturated carbocycles. The first-order chi connectivity index (χ1) is 8.58. The van der Waals surface area contributed by atoms with Crippen molar-refractivity contribution in [3.8, 4) is 0 Å². The van der Waals surface area contributed by atoms with Crippen molar-refractivity contribution >= 4 is 12.6 Å². The van der Waals surface area contributed by atoms with Crippen LogP contribution in [0.25, 0.3) is 0 Å². The van der Waals surface area contributed by atoms with E-state index in [0.29, 0.717) is 5.41 Å². The molecule has 1 nitrogen and oxygen atoms in total. The van der Waals surface area contributed by atoms with E-state index in [1.165, 1.54) is 51.5 Å². The van der Waals surface area contributed by atoms with Gasteiger partial charge in [0.25, 0.3) is 0 Å². The van der Waals surface area contributed by atoms with E-state index < -0.39 is 0 Å². The molecule has 0 aromatic rings. The van der Waals surface area contributed by atoms with E-state index in [1.54, 1.807) is 0 Å². The highest BCUT2D eigenvalue weighted by molar-refractivity contribution is 7.80. The zero-order valence-electron chi connectivity index (χ0n) is 12.9. The minimum atomic E-state index is 0.451. The molecule has 0 aromatic carbocycles. The number of rotatable bonds is 7. The predicted molar refractivity (Wildman–Crippen MR) is 85.6 cm³/mol. The Bertz CT molecular complexity index is 213. The van der Waals surface area contributed by atoms with Crippen molar-refractivity contribution in [1.29, 1.82) is 0 Å². The fourth-order valence-electron chi connectivity index (χ4n) is 3.73. The van der Waals surface area contributed by atoms with Gasteiger partial charge in [-0.1, -0.05) is 33.1 Å². The van der Waals surface area contributed by atoms with Gasteiger partial charge in [0.2, 0.25) is 0 Å². The summed E-state index contributed by atoms with van der Waals surface area (Å²) in [7, 11) is 0. The van der Waals surface area contributed by atoms with Crippen molar-refractivity contribution in [3.63, 3.8) is 0 Å². The van der Waals surface area contributed by atoms with E-state index in [1.807, 2.05) is 0 Å². The number of thiol groups is 1. The lowest BCUT2D eigenvalue weighted by molar-refractivity contribution is 0.0483. The molecule has 0 aliphatic carbocycles. The Morgan fingerprint density at radius 2 is 1.56 bits per heavy atom. The van der Waals surface area contributed by atoms with E-state index >= 15 is 0 Å². The lowest BCUT2D eigenvalue weighted by Gasteiger charge is -2.45. The topological polar surface area (TPSA) is 3.24 Å². The van der Waals surface area contributed by atoms with Crippen LogP contribution in [0.2, 0.25) is 0 Å². The maximum atomic E-state index is 4.70. The van der Waals surface area contributed by atoms with Gasteiger partial charge in [0, 0.05) is 18.6 Å². The summed E-state index contributed by atoms with van der Waals surface area (Å²) in [6.45, 7) is 10.7. The van der Waals surface area contributed by atoms with Crippen LogP contribution >= 0.6 is 12.6 Å². The molecule has 1 aliphatic heterocycles. The highest BCUT2D eigenvalue weighted by Crippen LogP contribution is 2.35. The maximum Gasteiger partial charge on any atom is 0.00699 e. The molecular weight excluding hydrogens is 238 g/mol. The first-order valence-electron chi connectivity index (χ1n) is 7.95. The van der Waals surface area contributed by atoms with Crippen LogP contribution in [0.3, 0.4) is 0 Å². The summed E-state index contributed by atoms with van der Waals surface area (Å²) >= 11 is 4.70. The fourth-order valence-corrected chi connectivity index (χ4v) is 4.14. The van der Waals surface area contributed by atoms with Crippen LogP contribution in [0.5, 0.6) is 0 Å². The van der Waals surface area contributed by atoms with Crippen molar-refractivity contribution < 1.29 is 0 Å². The summed E-state index contributed by atoms with van der Waals surface area (Å²) in [5, 5.41) is 0. The number of hydrogen-bond donors (Lipinski definition) is 1. The van der Waals surface area contributed by atoms with Crippen molar-refractivity contribution in [2.45, 2.75) is 84.7 Å². The summed E-state index contributed by atoms with van der Waals surface area (Å²) in [5.41, 5.74) is 0.451. The minimum Gasteiger partial charge on any atom is -0.297 e. The first-order valence-corrected chi connectivity index (χ1v) is 8.58. The van der Waals surface area contributed by atoms with Gasteiger partial charge in [-0.2, -0.15) is 12.6 Å². The van der Waals surface area contributed by atoms with E-state index in [9.17, 15) is 0 Å². The highest BCUT2D eigenvalue weighted by atomic mass is 32.1. The normalized spacial score (nSPS) is 26.5. The van der Waals surface area contributed by atoms with Gasteiger partial charge in [-0.05, 0) is 50.7 Å². The largest absolute Gasteiger partial charge is 0.297 e. The second-order valence-electron chi connectivity index (χ2n) is 6.46. The Kier molecular flexibility index (Phi) is 7.08. The third-order valence-corrected chi connectivity index (χ3v) is 5.46. The van der Waals surface area contributed by atoms with Crippen molar-refractivity contribution in [2.24, 2.45) is 5.41 Å². The SMILES string of the molecule is CCCC(CS)(CCC)CN1C(C)CCCC1C. The fraction of sp³-hybridized carbons (Fsp3) is 1.00. The molecule has 2 heteroatoms. The molecule has 0 radical (unpaired) electrons. The highest BCUT2D eigenvalue weighted by Gasteiger charge is 2.34. The quantitative estimate of drug-likeness (QED) is 0.653. The molecule has 1 fully saturated rings. The Hall–Kier alpha value is 0.310. The van der Waals surface area contributed by atoms with Gasteiger partial charge in [0.05, 0.1) is 0 Å². The van der Waals surface area contributed by atoms with Gasteiger partial charge in [0.1, 0.15) is 0 Å². The molecule has 108 valence electrons. The van der Waals surface area contributed by atoms with Crippen LogP contribution in [0.15, 0.2) is 0 Å². The second kappa shape index (κ2) is 7.79. The van der Waals surface area contributed by atoms with Crippen LogP contribution < -0.4 is 0 Å². The van der Waals surface area contributed by atoms with Crippen LogP contribution in [0.1, 0.15) is 72.6 Å². The summed E-state index contributed by atoms with van der Waals surface area (Å²) in [4.78, 5) is 2.77. The average Bonchev–Trinajstić information content (AvgIpc) is 2.34. The van der Waals surface area contributed by atoms with Gasteiger partial charge < -0.3 is 0 Å². The Morgan fingerprint density at radius 1 is 1.06 bits per heavy atom. The number of piperidine rings is 1. The van der Waals surface area contributed by atoms with E-state index in [0.717, 1.165) is 17.8 Å². The third-order valence-electron chi connectivity index (χ3n) is 4.79. The molecular formula is C16H33NS. The monoisotopic (exact) mass is 271 g/mol. The van der Waals surface area contributed by atoms with Crippen LogP contribution in [-0.2, 0) is 0 Å². The number of likely N-dealkylation sites (tertiary alicyclic amines) is 1. The molecule has 0 amide bonds. The van der Waals surface area contributed by atoms with E-state index in [4.69, 9.17) is 12.6 Å². The predicted octanol–water partition coefficient (Wildman–Crippen LogP) is 4.77. The molecule has 18 heavy (non-hydrogen) atoms. The summed E-state index contributed by atoms with van der Waals surface area (Å²) in [6.07, 6.45) is 9.42. The van der Waals surface area contributed by atoms with Crippen molar-refractivity contribution in [1.82, 2.24) is 4.90 Å². The van der Waals surface area contributed by atoms with Crippen molar-refractivity contribution in [2.75, 3.05) is 12.3 Å². The summed E-state index contributed by atoms with van der Waals surface area (Å²) in [5.74, 6) is 1.05. The lowest BCUT2D eigenvalue weighted by atomic mass is 9.79. The zero-order chi connectivity index (χ0) is 13.6. The molecule has 0 bridgehead atoms. The number of hydrogen-bond acceptors (Lipinski definition) is 2. The third kappa shape index (κ3) is 4.16. The minimum absolute atomic E-state index is 0.451. The second-order valence-corrected chi connectivity index (χ2v) is 6.78. The molecule has 0 aromatic heterocycles. The van der Waals surface area contributed by atoms with Crippen LogP contribution in [0, 0.1) is 5.41 Å². The van der Waals surface area contributed by atoms with Gasteiger partial charge in [-0.25, -0.2) is 0 Å². The molecule has 2 unspecified atom stereocenters. The summed E-state index contributed by atoms with van der Waals surface area (Å²) < 4.78 is 0. The number of nitrogens with zero attached hydrogens (tertiary/aromatic N) is 1. The molecule has 1 aliphatic rings. The Labute approximate surface area is 120 Å². The molecule has 1 rings (SSSR count). The molecule has 0 N–H and O–H groups in total. The standard InChI is InChI=1S/C16H33NS/c1-5-10-16(13-18,11-6-2)12-17-14(3)8-7-9-15(17)4/h14-15,18H,5-13H2,1-4H3. The molecule has 2 atom stereocenters. The molecule has 0 spiro atoms. The Morgan fingerprint density at radius 3 is 1.94 bits per heavy atom. The zero-order valence-corrected chi connectivity index (χ0v) is 13.8. The first kappa shape index (κ1) is 16.4. The van der Waals surface area contributed by atoms with Crippen LogP contribution in [-0.4, -0.2) is 29.3 Å². The Balaban J connectivity index is 2.73. The maximum absolute atomic E-state index is 4.70. The van der Waals surface area contributed by atoms with Crippen molar-refractivity contribution in [3.05, 3.63) is 0 Å². The van der Waals surface area contributed by atoms with Gasteiger partial charge in [-0.3, -0.25) is 4.90 Å². The van der Waals surface area contributed by atoms with Gasteiger partial charge in [-0.15, -0.1) is 0 Å². The van der Waals surface area contributed by atoms with Gasteiger partial charge >= 0.3 is 0 Å². The lowest BCUT2D eigenvalue weighted by Crippen LogP contribution is -2.50. The van der Waals surface area contributed by atoms with Crippen LogP contribution in [0.4, 0.5) is 0 Å². The summed E-state index contributed by atoms with van der Waals surface area (Å²) in [6, 6.07) is 1.53. The smallest absolute Gasteiger partial charge is 0.00699 e. The van der Waals surface area contributed by atoms with Gasteiger partial charge in [0.15, 0.2) is 0 Å². The molecule has 1 heterocycles. The molecule has 1 saturated heterocycles. The van der Waals surface area contributed by atoms with E-state index in [2.05, 4.69) is 32.6 Å².